The molecule has 0 aromatic heterocycles. The minimum Gasteiger partial charge on any atom is -0.302 e. The van der Waals surface area contributed by atoms with Gasteiger partial charge < -0.3 is 5.73 Å². The van der Waals surface area contributed by atoms with Crippen LogP contribution in [-0.2, 0) is 0 Å². The summed E-state index contributed by atoms with van der Waals surface area (Å²) in [5.74, 6) is 0.578. The third-order valence-electron chi connectivity index (χ3n) is 2.39. The molecule has 5 nitrogen and oxygen atoms in total. The van der Waals surface area contributed by atoms with E-state index in [9.17, 15) is 0 Å². The average Bonchev–Trinajstić information content (AvgIpc) is 2.65. The van der Waals surface area contributed by atoms with E-state index in [-0.39, 0.29) is 0 Å². The summed E-state index contributed by atoms with van der Waals surface area (Å²) >= 11 is 0. The normalized spacial score (nSPS) is 27.3. The molecular weight excluding hydrogens is 190 g/mol. The molecule has 0 spiro atoms. The van der Waals surface area contributed by atoms with Crippen molar-refractivity contribution in [3.8, 4) is 0 Å². The SMILES string of the molecule is C=C(C)CCC1(N)N=CN=C2N=CN=C21. The Hall–Kier alpha value is -1.62. The summed E-state index contributed by atoms with van der Waals surface area (Å²) in [4.78, 5) is 16.3. The van der Waals surface area contributed by atoms with Gasteiger partial charge in [-0.25, -0.2) is 20.0 Å². The maximum Gasteiger partial charge on any atom is 0.180 e. The van der Waals surface area contributed by atoms with E-state index in [1.807, 2.05) is 6.92 Å². The highest BCUT2D eigenvalue weighted by atomic mass is 15.2. The maximum absolute atomic E-state index is 6.16. The van der Waals surface area contributed by atoms with Crippen LogP contribution in [0.2, 0.25) is 0 Å². The molecule has 0 amide bonds. The Labute approximate surface area is 88.2 Å². The fraction of sp³-hybridized carbons (Fsp3) is 0.400. The number of amidine groups is 1. The van der Waals surface area contributed by atoms with Crippen molar-refractivity contribution in [2.24, 2.45) is 25.7 Å². The summed E-state index contributed by atoms with van der Waals surface area (Å²) in [6.07, 6.45) is 4.42. The summed E-state index contributed by atoms with van der Waals surface area (Å²) < 4.78 is 0. The van der Waals surface area contributed by atoms with Crippen LogP contribution in [0, 0.1) is 0 Å². The first-order chi connectivity index (χ1) is 7.12. The zero-order valence-electron chi connectivity index (χ0n) is 8.64. The fourth-order valence-electron chi connectivity index (χ4n) is 1.49. The number of hydrogen-bond donors (Lipinski definition) is 1. The van der Waals surface area contributed by atoms with Gasteiger partial charge in [0.25, 0.3) is 0 Å². The van der Waals surface area contributed by atoms with Gasteiger partial charge in [0.05, 0.1) is 0 Å². The van der Waals surface area contributed by atoms with Gasteiger partial charge in [-0.1, -0.05) is 5.57 Å². The number of nitrogens with zero attached hydrogens (tertiary/aromatic N) is 4. The third kappa shape index (κ3) is 1.78. The van der Waals surface area contributed by atoms with Gasteiger partial charge >= 0.3 is 0 Å². The highest BCUT2D eigenvalue weighted by molar-refractivity contribution is 6.50. The van der Waals surface area contributed by atoms with Crippen LogP contribution in [0.5, 0.6) is 0 Å². The molecule has 0 fully saturated rings. The molecule has 2 rings (SSSR count). The monoisotopic (exact) mass is 203 g/mol. The second-order valence-corrected chi connectivity index (χ2v) is 3.80. The van der Waals surface area contributed by atoms with E-state index < -0.39 is 5.66 Å². The topological polar surface area (TPSA) is 75.5 Å². The van der Waals surface area contributed by atoms with Gasteiger partial charge in [-0.15, -0.1) is 6.58 Å². The van der Waals surface area contributed by atoms with E-state index in [1.165, 1.54) is 12.7 Å². The van der Waals surface area contributed by atoms with Gasteiger partial charge in [0, 0.05) is 0 Å². The number of allylic oxidation sites excluding steroid dienone is 1. The van der Waals surface area contributed by atoms with E-state index >= 15 is 0 Å². The van der Waals surface area contributed by atoms with E-state index in [2.05, 4.69) is 26.5 Å². The molecule has 1 atom stereocenters. The van der Waals surface area contributed by atoms with Gasteiger partial charge in [-0.2, -0.15) is 0 Å². The Kier molecular flexibility index (Phi) is 2.32. The molecule has 15 heavy (non-hydrogen) atoms. The van der Waals surface area contributed by atoms with Gasteiger partial charge in [0.15, 0.2) is 11.5 Å². The summed E-state index contributed by atoms with van der Waals surface area (Å²) in [5.41, 5.74) is 7.12. The molecular formula is C10H13N5. The standard InChI is InChI=1S/C10H13N5/c1-7(2)3-4-10(11)8-9(13-5-12-8)14-6-15-10/h5-6H,1,3-4,11H2,2H3. The number of rotatable bonds is 3. The van der Waals surface area contributed by atoms with E-state index in [4.69, 9.17) is 5.73 Å². The molecule has 2 N–H and O–H groups in total. The van der Waals surface area contributed by atoms with Crippen LogP contribution in [0.15, 0.2) is 32.1 Å². The highest BCUT2D eigenvalue weighted by Gasteiger charge is 2.36. The fourth-order valence-corrected chi connectivity index (χ4v) is 1.49. The van der Waals surface area contributed by atoms with Crippen LogP contribution in [0.3, 0.4) is 0 Å². The minimum absolute atomic E-state index is 0.578. The molecule has 5 heteroatoms. The molecule has 2 aliphatic rings. The Morgan fingerprint density at radius 3 is 3.00 bits per heavy atom. The molecule has 0 saturated heterocycles. The molecule has 2 heterocycles. The Morgan fingerprint density at radius 1 is 1.47 bits per heavy atom. The largest absolute Gasteiger partial charge is 0.302 e. The van der Waals surface area contributed by atoms with E-state index in [0.29, 0.717) is 18.0 Å². The number of fused-ring (bicyclic) bond motifs is 1. The first kappa shape index (κ1) is 9.92. The first-order valence-corrected chi connectivity index (χ1v) is 4.78. The van der Waals surface area contributed by atoms with Gasteiger partial charge in [-0.3, -0.25) is 0 Å². The summed E-state index contributed by atoms with van der Waals surface area (Å²) in [6.45, 7) is 5.82. The van der Waals surface area contributed by atoms with Crippen molar-refractivity contribution in [2.45, 2.75) is 25.4 Å². The Bertz CT molecular complexity index is 416. The Balaban J connectivity index is 2.19. The van der Waals surface area contributed by atoms with Crippen molar-refractivity contribution in [1.82, 2.24) is 0 Å². The molecule has 78 valence electrons. The summed E-state index contributed by atoms with van der Waals surface area (Å²) in [5, 5.41) is 0. The van der Waals surface area contributed by atoms with Crippen LogP contribution < -0.4 is 5.73 Å². The van der Waals surface area contributed by atoms with Gasteiger partial charge in [0.2, 0.25) is 0 Å². The average molecular weight is 203 g/mol. The molecule has 0 aliphatic carbocycles. The second-order valence-electron chi connectivity index (χ2n) is 3.80. The van der Waals surface area contributed by atoms with Crippen molar-refractivity contribution in [2.75, 3.05) is 0 Å². The molecule has 0 radical (unpaired) electrons. The van der Waals surface area contributed by atoms with Crippen LogP contribution in [0.4, 0.5) is 0 Å². The Morgan fingerprint density at radius 2 is 2.27 bits per heavy atom. The number of aliphatic imine (C=N–C) groups is 4. The van der Waals surface area contributed by atoms with Crippen LogP contribution in [0.25, 0.3) is 0 Å². The first-order valence-electron chi connectivity index (χ1n) is 4.78. The lowest BCUT2D eigenvalue weighted by Gasteiger charge is -2.26. The van der Waals surface area contributed by atoms with Crippen molar-refractivity contribution in [1.29, 1.82) is 0 Å². The van der Waals surface area contributed by atoms with Crippen molar-refractivity contribution >= 4 is 24.2 Å². The van der Waals surface area contributed by atoms with Crippen LogP contribution >= 0.6 is 0 Å². The predicted octanol–water partition coefficient (Wildman–Crippen LogP) is 0.921. The second kappa shape index (κ2) is 3.51. The summed E-state index contributed by atoms with van der Waals surface area (Å²) in [6, 6.07) is 0. The van der Waals surface area contributed by atoms with Crippen molar-refractivity contribution in [3.05, 3.63) is 12.2 Å². The van der Waals surface area contributed by atoms with Crippen LogP contribution in [-0.4, -0.2) is 29.9 Å². The molecule has 0 saturated carbocycles. The molecule has 2 aliphatic heterocycles. The third-order valence-corrected chi connectivity index (χ3v) is 2.39. The smallest absolute Gasteiger partial charge is 0.180 e. The van der Waals surface area contributed by atoms with Crippen molar-refractivity contribution < 1.29 is 0 Å². The van der Waals surface area contributed by atoms with E-state index in [0.717, 1.165) is 12.0 Å². The molecule has 0 aromatic rings. The van der Waals surface area contributed by atoms with Gasteiger partial charge in [0.1, 0.15) is 18.4 Å². The zero-order valence-corrected chi connectivity index (χ0v) is 8.64. The predicted molar refractivity (Wildman–Crippen MR) is 62.8 cm³/mol. The highest BCUT2D eigenvalue weighted by Crippen LogP contribution is 2.21. The molecule has 0 bridgehead atoms. The lowest BCUT2D eigenvalue weighted by Crippen LogP contribution is -2.50. The lowest BCUT2D eigenvalue weighted by atomic mass is 9.96. The van der Waals surface area contributed by atoms with Crippen molar-refractivity contribution in [3.63, 3.8) is 0 Å². The number of nitrogens with two attached hydrogens (primary N) is 1. The van der Waals surface area contributed by atoms with E-state index in [1.54, 1.807) is 0 Å². The zero-order chi connectivity index (χ0) is 10.9. The lowest BCUT2D eigenvalue weighted by molar-refractivity contribution is 0.547. The number of hydrogen-bond acceptors (Lipinski definition) is 5. The molecule has 1 unspecified atom stereocenters. The quantitative estimate of drug-likeness (QED) is 0.680. The molecule has 0 aromatic carbocycles. The minimum atomic E-state index is -0.785. The maximum atomic E-state index is 6.16. The van der Waals surface area contributed by atoms with Crippen LogP contribution in [0.1, 0.15) is 19.8 Å². The van der Waals surface area contributed by atoms with Gasteiger partial charge in [-0.05, 0) is 19.8 Å². The summed E-state index contributed by atoms with van der Waals surface area (Å²) in [7, 11) is 0.